The van der Waals surface area contributed by atoms with Gasteiger partial charge >= 0.3 is 12.1 Å². The van der Waals surface area contributed by atoms with Gasteiger partial charge in [0.1, 0.15) is 12.4 Å². The number of imide groups is 1. The fourth-order valence-electron chi connectivity index (χ4n) is 1.55. The molecule has 1 aliphatic rings. The van der Waals surface area contributed by atoms with Crippen LogP contribution in [-0.2, 0) is 4.74 Å². The Morgan fingerprint density at radius 2 is 1.65 bits per heavy atom. The van der Waals surface area contributed by atoms with Crippen molar-refractivity contribution >= 4 is 17.7 Å². The largest absolute Gasteiger partial charge is 0.491 e. The fraction of sp³-hybridized carbons (Fsp3) is 0.333. The second-order valence-corrected chi connectivity index (χ2v) is 3.78. The molecule has 106 valence electrons. The van der Waals surface area contributed by atoms with E-state index in [4.69, 9.17) is 14.6 Å². The van der Waals surface area contributed by atoms with E-state index >= 15 is 0 Å². The quantitative estimate of drug-likeness (QED) is 0.764. The lowest BCUT2D eigenvalue weighted by Gasteiger charge is -2.11. The average Bonchev–Trinajstić information content (AvgIpc) is 2.79. The SMILES string of the molecule is O=C1N=NC(=O)N1c1ccc(OCCOCCO)cc1. The molecule has 4 amide bonds. The van der Waals surface area contributed by atoms with Gasteiger partial charge in [-0.05, 0) is 24.3 Å². The van der Waals surface area contributed by atoms with Gasteiger partial charge in [-0.25, -0.2) is 14.5 Å². The lowest BCUT2D eigenvalue weighted by atomic mass is 10.3. The molecule has 1 aromatic rings. The van der Waals surface area contributed by atoms with Gasteiger partial charge in [0.05, 0.1) is 25.5 Å². The maximum atomic E-state index is 11.3. The highest BCUT2D eigenvalue weighted by Crippen LogP contribution is 2.23. The molecule has 8 heteroatoms. The number of nitrogens with zero attached hydrogens (tertiary/aromatic N) is 3. The predicted octanol–water partition coefficient (Wildman–Crippen LogP) is 1.59. The molecule has 2 rings (SSSR count). The fourth-order valence-corrected chi connectivity index (χ4v) is 1.55. The number of benzene rings is 1. The Labute approximate surface area is 114 Å². The Hall–Kier alpha value is -2.32. The van der Waals surface area contributed by atoms with E-state index in [1.54, 1.807) is 24.3 Å². The highest BCUT2D eigenvalue weighted by atomic mass is 16.5. The number of anilines is 1. The maximum absolute atomic E-state index is 11.3. The topological polar surface area (TPSA) is 101 Å². The Morgan fingerprint density at radius 3 is 2.25 bits per heavy atom. The number of aliphatic hydroxyl groups is 1. The van der Waals surface area contributed by atoms with Gasteiger partial charge in [0.15, 0.2) is 0 Å². The summed E-state index contributed by atoms with van der Waals surface area (Å²) in [4.78, 5) is 23.5. The van der Waals surface area contributed by atoms with Crippen molar-refractivity contribution in [3.8, 4) is 5.75 Å². The molecule has 0 bridgehead atoms. The molecule has 0 aliphatic carbocycles. The first-order valence-corrected chi connectivity index (χ1v) is 5.93. The Bertz CT molecular complexity index is 496. The van der Waals surface area contributed by atoms with Crippen molar-refractivity contribution in [2.24, 2.45) is 10.2 Å². The van der Waals surface area contributed by atoms with Crippen molar-refractivity contribution in [1.82, 2.24) is 0 Å². The second kappa shape index (κ2) is 6.73. The smallest absolute Gasteiger partial charge is 0.375 e. The van der Waals surface area contributed by atoms with Crippen LogP contribution in [-0.4, -0.2) is 43.6 Å². The number of ether oxygens (including phenoxy) is 2. The molecule has 0 saturated heterocycles. The molecule has 0 radical (unpaired) electrons. The van der Waals surface area contributed by atoms with Crippen molar-refractivity contribution in [1.29, 1.82) is 0 Å². The number of urea groups is 2. The number of aliphatic hydroxyl groups excluding tert-OH is 1. The molecule has 1 aliphatic heterocycles. The van der Waals surface area contributed by atoms with Gasteiger partial charge in [-0.3, -0.25) is 0 Å². The second-order valence-electron chi connectivity index (χ2n) is 3.78. The van der Waals surface area contributed by atoms with E-state index in [1.165, 1.54) is 0 Å². The van der Waals surface area contributed by atoms with Crippen LogP contribution >= 0.6 is 0 Å². The van der Waals surface area contributed by atoms with Gasteiger partial charge in [-0.15, -0.1) is 0 Å². The first kappa shape index (κ1) is 14.1. The summed E-state index contributed by atoms with van der Waals surface area (Å²) in [5.74, 6) is 0.578. The monoisotopic (exact) mass is 279 g/mol. The van der Waals surface area contributed by atoms with Gasteiger partial charge in [0, 0.05) is 0 Å². The summed E-state index contributed by atoms with van der Waals surface area (Å²) in [6.07, 6.45) is 0. The van der Waals surface area contributed by atoms with Gasteiger partial charge in [-0.1, -0.05) is 10.2 Å². The summed E-state index contributed by atoms with van der Waals surface area (Å²) in [7, 11) is 0. The minimum absolute atomic E-state index is 0.0251. The van der Waals surface area contributed by atoms with Crippen LogP contribution in [0.4, 0.5) is 15.3 Å². The van der Waals surface area contributed by atoms with E-state index < -0.39 is 12.1 Å². The van der Waals surface area contributed by atoms with Gasteiger partial charge in [-0.2, -0.15) is 0 Å². The minimum atomic E-state index is -0.707. The summed E-state index contributed by atoms with van der Waals surface area (Å²) >= 11 is 0. The number of azo groups is 1. The zero-order valence-electron chi connectivity index (χ0n) is 10.6. The molecule has 1 N–H and O–H groups in total. The van der Waals surface area contributed by atoms with Crippen molar-refractivity contribution in [3.05, 3.63) is 24.3 Å². The molecule has 0 aromatic heterocycles. The van der Waals surface area contributed by atoms with Crippen LogP contribution in [0.1, 0.15) is 0 Å². The predicted molar refractivity (Wildman–Crippen MR) is 68.0 cm³/mol. The molecule has 1 aromatic carbocycles. The first-order valence-electron chi connectivity index (χ1n) is 5.93. The minimum Gasteiger partial charge on any atom is -0.491 e. The van der Waals surface area contributed by atoms with Crippen LogP contribution in [0.25, 0.3) is 0 Å². The normalized spacial score (nSPS) is 14.2. The standard InChI is InChI=1S/C12H13N3O5/c16-5-6-19-7-8-20-10-3-1-9(2-4-10)15-11(17)13-14-12(15)18/h1-4,16H,5-8H2. The van der Waals surface area contributed by atoms with E-state index in [9.17, 15) is 9.59 Å². The van der Waals surface area contributed by atoms with E-state index in [0.717, 1.165) is 4.90 Å². The van der Waals surface area contributed by atoms with Crippen molar-refractivity contribution in [2.45, 2.75) is 0 Å². The number of rotatable bonds is 7. The van der Waals surface area contributed by atoms with E-state index in [1.807, 2.05) is 0 Å². The van der Waals surface area contributed by atoms with Crippen LogP contribution < -0.4 is 9.64 Å². The molecule has 0 saturated carbocycles. The first-order chi connectivity index (χ1) is 9.72. The third-order valence-electron chi connectivity index (χ3n) is 2.43. The zero-order valence-corrected chi connectivity index (χ0v) is 10.6. The molecule has 20 heavy (non-hydrogen) atoms. The van der Waals surface area contributed by atoms with Gasteiger partial charge in [0.2, 0.25) is 0 Å². The van der Waals surface area contributed by atoms with E-state index in [0.29, 0.717) is 24.7 Å². The summed E-state index contributed by atoms with van der Waals surface area (Å²) in [6.45, 7) is 0.950. The average molecular weight is 279 g/mol. The van der Waals surface area contributed by atoms with Gasteiger partial charge in [0.25, 0.3) is 0 Å². The Morgan fingerprint density at radius 1 is 1.00 bits per heavy atom. The van der Waals surface area contributed by atoms with Crippen molar-refractivity contribution in [2.75, 3.05) is 31.3 Å². The molecule has 1 heterocycles. The number of hydrogen-bond acceptors (Lipinski definition) is 5. The summed E-state index contributed by atoms with van der Waals surface area (Å²) in [6, 6.07) is 4.97. The third-order valence-corrected chi connectivity index (χ3v) is 2.43. The Balaban J connectivity index is 1.87. The highest BCUT2D eigenvalue weighted by molar-refractivity contribution is 6.17. The Kier molecular flexibility index (Phi) is 4.75. The molecule has 0 fully saturated rings. The number of carbonyl (C=O) groups is 2. The molecule has 8 nitrogen and oxygen atoms in total. The molecule has 0 unspecified atom stereocenters. The summed E-state index contributed by atoms with van der Waals surface area (Å²) in [5.41, 5.74) is 0.383. The number of amides is 4. The maximum Gasteiger partial charge on any atom is 0.375 e. The summed E-state index contributed by atoms with van der Waals surface area (Å²) < 4.78 is 10.4. The lowest BCUT2D eigenvalue weighted by molar-refractivity contribution is 0.0705. The zero-order chi connectivity index (χ0) is 14.4. The molecule has 0 atom stereocenters. The molecular formula is C12H13N3O5. The van der Waals surface area contributed by atoms with Crippen LogP contribution in [0.2, 0.25) is 0 Å². The van der Waals surface area contributed by atoms with Crippen LogP contribution in [0.3, 0.4) is 0 Å². The van der Waals surface area contributed by atoms with Crippen LogP contribution in [0, 0.1) is 0 Å². The van der Waals surface area contributed by atoms with E-state index in [-0.39, 0.29) is 13.2 Å². The third kappa shape index (κ3) is 3.37. The molecule has 0 spiro atoms. The van der Waals surface area contributed by atoms with Crippen LogP contribution in [0.15, 0.2) is 34.5 Å². The number of carbonyl (C=O) groups excluding carboxylic acids is 2. The van der Waals surface area contributed by atoms with Gasteiger partial charge < -0.3 is 14.6 Å². The van der Waals surface area contributed by atoms with Crippen molar-refractivity contribution < 1.29 is 24.2 Å². The molecular weight excluding hydrogens is 266 g/mol. The lowest BCUT2D eigenvalue weighted by Crippen LogP contribution is -2.27. The summed E-state index contributed by atoms with van der Waals surface area (Å²) in [5, 5.41) is 14.9. The van der Waals surface area contributed by atoms with Crippen LogP contribution in [0.5, 0.6) is 5.75 Å². The highest BCUT2D eigenvalue weighted by Gasteiger charge is 2.28. The van der Waals surface area contributed by atoms with Crippen molar-refractivity contribution in [3.63, 3.8) is 0 Å². The number of hydrogen-bond donors (Lipinski definition) is 1. The van der Waals surface area contributed by atoms with E-state index in [2.05, 4.69) is 10.2 Å².